The average molecular weight is 378 g/mol. The van der Waals surface area contributed by atoms with Crippen LogP contribution in [0.25, 0.3) is 0 Å². The Hall–Kier alpha value is -3.74. The summed E-state index contributed by atoms with van der Waals surface area (Å²) < 4.78 is 15.7. The fourth-order valence-electron chi connectivity index (χ4n) is 2.87. The van der Waals surface area contributed by atoms with E-state index in [1.54, 1.807) is 30.3 Å². The highest BCUT2D eigenvalue weighted by atomic mass is 16.7. The molecule has 0 aliphatic carbocycles. The second-order valence-corrected chi connectivity index (χ2v) is 6.33. The predicted molar refractivity (Wildman–Crippen MR) is 102 cm³/mol. The van der Waals surface area contributed by atoms with Crippen molar-refractivity contribution in [2.45, 2.75) is 13.5 Å². The zero-order valence-electron chi connectivity index (χ0n) is 15.2. The maximum atomic E-state index is 12.5. The van der Waals surface area contributed by atoms with Gasteiger partial charge in [0, 0.05) is 17.8 Å². The Balaban J connectivity index is 1.39. The molecule has 4 rings (SSSR count). The number of aryl methyl sites for hydroxylation is 1. The second-order valence-electron chi connectivity index (χ2n) is 6.33. The molecule has 0 atom stereocenters. The highest BCUT2D eigenvalue weighted by molar-refractivity contribution is 6.03. The van der Waals surface area contributed by atoms with Gasteiger partial charge in [0.25, 0.3) is 11.8 Å². The van der Waals surface area contributed by atoms with Crippen LogP contribution < -0.4 is 20.1 Å². The zero-order chi connectivity index (χ0) is 19.5. The van der Waals surface area contributed by atoms with Gasteiger partial charge in [0.15, 0.2) is 17.3 Å². The minimum atomic E-state index is -0.340. The number of nitrogens with one attached hydrogen (secondary N) is 2. The van der Waals surface area contributed by atoms with Crippen molar-refractivity contribution in [3.05, 3.63) is 77.2 Å². The van der Waals surface area contributed by atoms with Crippen molar-refractivity contribution in [2.24, 2.45) is 0 Å². The minimum absolute atomic E-state index is 0.204. The van der Waals surface area contributed by atoms with E-state index in [9.17, 15) is 9.59 Å². The van der Waals surface area contributed by atoms with Crippen molar-refractivity contribution in [1.82, 2.24) is 5.32 Å². The van der Waals surface area contributed by atoms with Gasteiger partial charge in [-0.1, -0.05) is 6.07 Å². The van der Waals surface area contributed by atoms with Gasteiger partial charge in [0.05, 0.1) is 6.26 Å². The number of fused-ring (bicyclic) bond motifs is 1. The highest BCUT2D eigenvalue weighted by Gasteiger charge is 2.15. The van der Waals surface area contributed by atoms with Crippen molar-refractivity contribution in [3.8, 4) is 11.5 Å². The first-order valence-electron chi connectivity index (χ1n) is 8.72. The Bertz CT molecular complexity index is 1030. The first kappa shape index (κ1) is 17.7. The summed E-state index contributed by atoms with van der Waals surface area (Å²) in [4.78, 5) is 24.5. The molecule has 7 heteroatoms. The topological polar surface area (TPSA) is 89.8 Å². The number of carbonyl (C=O) groups excluding carboxylic acids is 2. The number of anilines is 1. The number of hydrogen-bond acceptors (Lipinski definition) is 5. The number of ether oxygens (including phenoxy) is 2. The Morgan fingerprint density at radius 3 is 2.64 bits per heavy atom. The van der Waals surface area contributed by atoms with E-state index in [0.717, 1.165) is 11.1 Å². The molecular weight excluding hydrogens is 360 g/mol. The van der Waals surface area contributed by atoms with E-state index in [4.69, 9.17) is 13.9 Å². The smallest absolute Gasteiger partial charge is 0.291 e. The molecule has 7 nitrogen and oxygen atoms in total. The number of amides is 2. The number of benzene rings is 2. The molecule has 0 spiro atoms. The fraction of sp³-hybridized carbons (Fsp3) is 0.143. The third-order valence-corrected chi connectivity index (χ3v) is 4.37. The molecule has 28 heavy (non-hydrogen) atoms. The number of rotatable bonds is 5. The minimum Gasteiger partial charge on any atom is -0.459 e. The molecule has 2 N–H and O–H groups in total. The molecule has 0 radical (unpaired) electrons. The first-order chi connectivity index (χ1) is 13.6. The van der Waals surface area contributed by atoms with Gasteiger partial charge in [0.2, 0.25) is 6.79 Å². The predicted octanol–water partition coefficient (Wildman–Crippen LogP) is 3.50. The molecule has 0 saturated carbocycles. The van der Waals surface area contributed by atoms with Crippen LogP contribution in [0.4, 0.5) is 5.69 Å². The van der Waals surface area contributed by atoms with Gasteiger partial charge in [-0.25, -0.2) is 0 Å². The molecule has 2 heterocycles. The van der Waals surface area contributed by atoms with Crippen LogP contribution in [0.1, 0.15) is 32.0 Å². The second kappa shape index (κ2) is 7.48. The summed E-state index contributed by atoms with van der Waals surface area (Å²) in [5.74, 6) is 1.07. The number of hydrogen-bond donors (Lipinski definition) is 2. The lowest BCUT2D eigenvalue weighted by atomic mass is 10.1. The summed E-state index contributed by atoms with van der Waals surface area (Å²) in [5.41, 5.74) is 2.82. The summed E-state index contributed by atoms with van der Waals surface area (Å²) >= 11 is 0. The highest BCUT2D eigenvalue weighted by Crippen LogP contribution is 2.32. The molecule has 1 aliphatic rings. The molecular formula is C21H18N2O5. The summed E-state index contributed by atoms with van der Waals surface area (Å²) in [5, 5.41) is 5.65. The van der Waals surface area contributed by atoms with Gasteiger partial charge in [0.1, 0.15) is 0 Å². The monoisotopic (exact) mass is 378 g/mol. The van der Waals surface area contributed by atoms with Crippen LogP contribution in [-0.2, 0) is 6.54 Å². The van der Waals surface area contributed by atoms with E-state index in [1.165, 1.54) is 6.26 Å². The lowest BCUT2D eigenvalue weighted by molar-refractivity contribution is 0.0950. The maximum absolute atomic E-state index is 12.5. The quantitative estimate of drug-likeness (QED) is 0.709. The lowest BCUT2D eigenvalue weighted by Gasteiger charge is -2.10. The summed E-state index contributed by atoms with van der Waals surface area (Å²) in [6.45, 7) is 2.41. The van der Waals surface area contributed by atoms with E-state index in [2.05, 4.69) is 10.6 Å². The third-order valence-electron chi connectivity index (χ3n) is 4.37. The van der Waals surface area contributed by atoms with Crippen LogP contribution in [0, 0.1) is 6.92 Å². The van der Waals surface area contributed by atoms with Crippen LogP contribution in [0.2, 0.25) is 0 Å². The van der Waals surface area contributed by atoms with E-state index in [0.29, 0.717) is 29.3 Å². The van der Waals surface area contributed by atoms with Crippen molar-refractivity contribution in [1.29, 1.82) is 0 Å². The van der Waals surface area contributed by atoms with Gasteiger partial charge < -0.3 is 24.5 Å². The molecule has 3 aromatic rings. The summed E-state index contributed by atoms with van der Waals surface area (Å²) in [6.07, 6.45) is 1.44. The molecule has 2 amide bonds. The standard InChI is InChI=1S/C21H18N2O5/c1-13-9-15(5-6-16(13)23-21(25)18-3-2-8-26-18)20(24)22-11-14-4-7-17-19(10-14)28-12-27-17/h2-10H,11-12H2,1H3,(H,22,24)(H,23,25). The van der Waals surface area contributed by atoms with Crippen LogP contribution in [0.3, 0.4) is 0 Å². The Morgan fingerprint density at radius 2 is 1.86 bits per heavy atom. The summed E-state index contributed by atoms with van der Waals surface area (Å²) in [7, 11) is 0. The SMILES string of the molecule is Cc1cc(C(=O)NCc2ccc3c(c2)OCO3)ccc1NC(=O)c1ccco1. The lowest BCUT2D eigenvalue weighted by Crippen LogP contribution is -2.23. The number of furan rings is 1. The van der Waals surface area contributed by atoms with Crippen LogP contribution >= 0.6 is 0 Å². The molecule has 1 aliphatic heterocycles. The van der Waals surface area contributed by atoms with Gasteiger partial charge in [-0.3, -0.25) is 9.59 Å². The Kier molecular flexibility index (Phi) is 4.72. The van der Waals surface area contributed by atoms with Crippen LogP contribution in [0.15, 0.2) is 59.2 Å². The molecule has 1 aromatic heterocycles. The Morgan fingerprint density at radius 1 is 1.00 bits per heavy atom. The van der Waals surface area contributed by atoms with E-state index in [1.807, 2.05) is 25.1 Å². The van der Waals surface area contributed by atoms with Crippen molar-refractivity contribution in [3.63, 3.8) is 0 Å². The van der Waals surface area contributed by atoms with Crippen LogP contribution in [0.5, 0.6) is 11.5 Å². The Labute approximate surface area is 161 Å². The largest absolute Gasteiger partial charge is 0.459 e. The number of carbonyl (C=O) groups is 2. The van der Waals surface area contributed by atoms with Gasteiger partial charge >= 0.3 is 0 Å². The van der Waals surface area contributed by atoms with Crippen molar-refractivity contribution in [2.75, 3.05) is 12.1 Å². The maximum Gasteiger partial charge on any atom is 0.291 e. The molecule has 2 aromatic carbocycles. The van der Waals surface area contributed by atoms with E-state index < -0.39 is 0 Å². The normalized spacial score (nSPS) is 11.9. The molecule has 0 unspecified atom stereocenters. The third kappa shape index (κ3) is 3.68. The van der Waals surface area contributed by atoms with Crippen molar-refractivity contribution < 1.29 is 23.5 Å². The summed E-state index contributed by atoms with van der Waals surface area (Å²) in [6, 6.07) is 13.9. The van der Waals surface area contributed by atoms with Gasteiger partial charge in [-0.15, -0.1) is 0 Å². The molecule has 142 valence electrons. The molecule has 0 fully saturated rings. The van der Waals surface area contributed by atoms with E-state index >= 15 is 0 Å². The first-order valence-corrected chi connectivity index (χ1v) is 8.72. The van der Waals surface area contributed by atoms with Gasteiger partial charge in [-0.2, -0.15) is 0 Å². The van der Waals surface area contributed by atoms with Crippen LogP contribution in [-0.4, -0.2) is 18.6 Å². The van der Waals surface area contributed by atoms with Gasteiger partial charge in [-0.05, 0) is 60.5 Å². The molecule has 0 bridgehead atoms. The fourth-order valence-corrected chi connectivity index (χ4v) is 2.87. The molecule has 0 saturated heterocycles. The van der Waals surface area contributed by atoms with E-state index in [-0.39, 0.29) is 24.4 Å². The zero-order valence-corrected chi connectivity index (χ0v) is 15.2. The average Bonchev–Trinajstić information content (AvgIpc) is 3.39. The van der Waals surface area contributed by atoms with Crippen molar-refractivity contribution >= 4 is 17.5 Å².